The van der Waals surface area contributed by atoms with Gasteiger partial charge in [0.05, 0.1) is 0 Å². The van der Waals surface area contributed by atoms with Gasteiger partial charge in [-0.1, -0.05) is 50.6 Å². The Balaban J connectivity index is 2.34. The van der Waals surface area contributed by atoms with Gasteiger partial charge in [0.15, 0.2) is 5.89 Å². The Morgan fingerprint density at radius 2 is 1.88 bits per heavy atom. The van der Waals surface area contributed by atoms with Gasteiger partial charge in [-0.3, -0.25) is 14.4 Å². The Morgan fingerprint density at radius 3 is 2.44 bits per heavy atom. The summed E-state index contributed by atoms with van der Waals surface area (Å²) in [5, 5.41) is 2.57. The van der Waals surface area contributed by atoms with Gasteiger partial charge in [0, 0.05) is 12.5 Å². The summed E-state index contributed by atoms with van der Waals surface area (Å²) in [6, 6.07) is 8.08. The van der Waals surface area contributed by atoms with E-state index in [1.807, 2.05) is 25.1 Å². The van der Waals surface area contributed by atoms with E-state index in [-0.39, 0.29) is 11.7 Å². The largest absolute Gasteiger partial charge is 0.435 e. The van der Waals surface area contributed by atoms with Gasteiger partial charge in [-0.15, -0.1) is 0 Å². The molecule has 1 heterocycles. The third kappa shape index (κ3) is 4.12. The summed E-state index contributed by atoms with van der Waals surface area (Å²) in [6.07, 6.45) is 0.588. The molecular formula is C18H21N3O4. The van der Waals surface area contributed by atoms with Gasteiger partial charge in [0.25, 0.3) is 11.8 Å². The molecule has 0 aliphatic rings. The zero-order valence-electron chi connectivity index (χ0n) is 14.4. The number of carbonyl (C=O) groups excluding carboxylic acids is 3. The van der Waals surface area contributed by atoms with E-state index in [0.29, 0.717) is 23.6 Å². The Hall–Kier alpha value is -2.96. The van der Waals surface area contributed by atoms with Crippen LogP contribution in [-0.2, 0) is 9.59 Å². The van der Waals surface area contributed by atoms with Crippen LogP contribution in [0.15, 0.2) is 34.7 Å². The van der Waals surface area contributed by atoms with E-state index >= 15 is 0 Å². The summed E-state index contributed by atoms with van der Waals surface area (Å²) in [5.74, 6) is -2.46. The third-order valence-corrected chi connectivity index (χ3v) is 4.01. The highest BCUT2D eigenvalue weighted by Crippen LogP contribution is 2.24. The van der Waals surface area contributed by atoms with E-state index in [1.165, 1.54) is 0 Å². The van der Waals surface area contributed by atoms with Crippen LogP contribution in [0.5, 0.6) is 0 Å². The molecule has 2 amide bonds. The highest BCUT2D eigenvalue weighted by atomic mass is 16.4. The molecule has 0 spiro atoms. The number of hydrogen-bond acceptors (Lipinski definition) is 5. The first-order valence-electron chi connectivity index (χ1n) is 8.02. The summed E-state index contributed by atoms with van der Waals surface area (Å²) in [4.78, 5) is 40.2. The molecule has 1 aromatic heterocycles. The van der Waals surface area contributed by atoms with Crippen molar-refractivity contribution in [2.75, 3.05) is 0 Å². The SMILES string of the molecule is CC[C@@H](C)[C@H](NC(=O)c1oc(C)nc1-c1ccccc1)C(=O)C(N)=O. The number of nitrogens with zero attached hydrogens (tertiary/aromatic N) is 1. The molecule has 7 nitrogen and oxygen atoms in total. The fourth-order valence-corrected chi connectivity index (χ4v) is 2.43. The normalized spacial score (nSPS) is 13.1. The molecular weight excluding hydrogens is 322 g/mol. The lowest BCUT2D eigenvalue weighted by molar-refractivity contribution is -0.137. The predicted octanol–water partition coefficient (Wildman–Crippen LogP) is 1.85. The molecule has 0 saturated carbocycles. The molecule has 1 aromatic carbocycles. The number of primary amides is 1. The number of aromatic nitrogens is 1. The van der Waals surface area contributed by atoms with Crippen LogP contribution in [0.3, 0.4) is 0 Å². The first-order valence-corrected chi connectivity index (χ1v) is 8.02. The Bertz CT molecular complexity index is 783. The number of benzene rings is 1. The van der Waals surface area contributed by atoms with Crippen molar-refractivity contribution in [2.45, 2.75) is 33.2 Å². The minimum Gasteiger partial charge on any atom is -0.435 e. The van der Waals surface area contributed by atoms with Crippen LogP contribution >= 0.6 is 0 Å². The number of carbonyl (C=O) groups is 3. The van der Waals surface area contributed by atoms with E-state index in [2.05, 4.69) is 10.3 Å². The first-order chi connectivity index (χ1) is 11.8. The van der Waals surface area contributed by atoms with Crippen molar-refractivity contribution in [3.63, 3.8) is 0 Å². The van der Waals surface area contributed by atoms with E-state index < -0.39 is 23.6 Å². The second-order valence-electron chi connectivity index (χ2n) is 5.84. The molecule has 3 N–H and O–H groups in total. The minimum atomic E-state index is -1.08. The molecule has 132 valence electrons. The van der Waals surface area contributed by atoms with Crippen molar-refractivity contribution < 1.29 is 18.8 Å². The van der Waals surface area contributed by atoms with Gasteiger partial charge in [0.2, 0.25) is 11.5 Å². The second kappa shape index (κ2) is 7.74. The number of rotatable bonds is 7. The summed E-state index contributed by atoms with van der Waals surface area (Å²) in [7, 11) is 0. The van der Waals surface area contributed by atoms with Crippen LogP contribution in [0.1, 0.15) is 36.7 Å². The summed E-state index contributed by atoms with van der Waals surface area (Å²) in [5.41, 5.74) is 6.19. The van der Waals surface area contributed by atoms with Gasteiger partial charge in [-0.25, -0.2) is 4.98 Å². The lowest BCUT2D eigenvalue weighted by atomic mass is 9.95. The summed E-state index contributed by atoms with van der Waals surface area (Å²) in [6.45, 7) is 5.24. The number of aryl methyl sites for hydroxylation is 1. The monoisotopic (exact) mass is 343 g/mol. The van der Waals surface area contributed by atoms with Crippen molar-refractivity contribution in [3.8, 4) is 11.3 Å². The van der Waals surface area contributed by atoms with Crippen molar-refractivity contribution in [3.05, 3.63) is 42.0 Å². The lowest BCUT2D eigenvalue weighted by Gasteiger charge is -2.21. The van der Waals surface area contributed by atoms with Crippen LogP contribution in [0.25, 0.3) is 11.3 Å². The van der Waals surface area contributed by atoms with Crippen molar-refractivity contribution in [1.29, 1.82) is 0 Å². The maximum Gasteiger partial charge on any atom is 0.290 e. The molecule has 2 atom stereocenters. The smallest absolute Gasteiger partial charge is 0.290 e. The zero-order valence-corrected chi connectivity index (χ0v) is 14.4. The topological polar surface area (TPSA) is 115 Å². The Morgan fingerprint density at radius 1 is 1.24 bits per heavy atom. The van der Waals surface area contributed by atoms with E-state index in [0.717, 1.165) is 0 Å². The number of ketones is 1. The molecule has 25 heavy (non-hydrogen) atoms. The fraction of sp³-hybridized carbons (Fsp3) is 0.333. The number of nitrogens with one attached hydrogen (secondary N) is 1. The van der Waals surface area contributed by atoms with Crippen LogP contribution in [0.2, 0.25) is 0 Å². The minimum absolute atomic E-state index is 0.00530. The fourth-order valence-electron chi connectivity index (χ4n) is 2.43. The number of nitrogens with two attached hydrogens (primary N) is 1. The molecule has 0 saturated heterocycles. The Kier molecular flexibility index (Phi) is 5.69. The van der Waals surface area contributed by atoms with Crippen molar-refractivity contribution >= 4 is 17.6 Å². The highest BCUT2D eigenvalue weighted by Gasteiger charge is 2.31. The lowest BCUT2D eigenvalue weighted by Crippen LogP contribution is -2.49. The van der Waals surface area contributed by atoms with Crippen molar-refractivity contribution in [2.24, 2.45) is 11.7 Å². The van der Waals surface area contributed by atoms with Gasteiger partial charge in [-0.05, 0) is 5.92 Å². The van der Waals surface area contributed by atoms with E-state index in [4.69, 9.17) is 10.2 Å². The summed E-state index contributed by atoms with van der Waals surface area (Å²) < 4.78 is 5.43. The van der Waals surface area contributed by atoms with Gasteiger partial charge in [0.1, 0.15) is 11.7 Å². The molecule has 7 heteroatoms. The quantitative estimate of drug-likeness (QED) is 0.744. The van der Waals surface area contributed by atoms with Crippen LogP contribution in [0.4, 0.5) is 0 Å². The average molecular weight is 343 g/mol. The maximum absolute atomic E-state index is 12.7. The van der Waals surface area contributed by atoms with Crippen LogP contribution in [-0.4, -0.2) is 28.6 Å². The van der Waals surface area contributed by atoms with E-state index in [1.54, 1.807) is 26.0 Å². The Labute approximate surface area is 145 Å². The summed E-state index contributed by atoms with van der Waals surface area (Å²) >= 11 is 0. The third-order valence-electron chi connectivity index (χ3n) is 4.01. The van der Waals surface area contributed by atoms with Crippen LogP contribution in [0, 0.1) is 12.8 Å². The zero-order chi connectivity index (χ0) is 18.6. The van der Waals surface area contributed by atoms with Gasteiger partial charge >= 0.3 is 0 Å². The number of Topliss-reactive ketones (excluding diaryl/α,β-unsaturated/α-hetero) is 1. The number of amides is 2. The molecule has 0 bridgehead atoms. The number of oxazole rings is 1. The molecule has 0 radical (unpaired) electrons. The standard InChI is InChI=1S/C18H21N3O4/c1-4-10(2)13(15(22)17(19)23)21-18(24)16-14(20-11(3)25-16)12-8-6-5-7-9-12/h5-10,13H,4H2,1-3H3,(H2,19,23)(H,21,24)/t10-,13+/m1/s1. The maximum atomic E-state index is 12.7. The van der Waals surface area contributed by atoms with Crippen LogP contribution < -0.4 is 11.1 Å². The molecule has 2 rings (SSSR count). The molecule has 0 unspecified atom stereocenters. The average Bonchev–Trinajstić information content (AvgIpc) is 3.00. The molecule has 0 fully saturated rings. The van der Waals surface area contributed by atoms with Gasteiger partial charge in [-0.2, -0.15) is 0 Å². The molecule has 2 aromatic rings. The highest BCUT2D eigenvalue weighted by molar-refractivity contribution is 6.38. The van der Waals surface area contributed by atoms with Crippen molar-refractivity contribution in [1.82, 2.24) is 10.3 Å². The number of hydrogen-bond donors (Lipinski definition) is 2. The molecule has 0 aliphatic carbocycles. The van der Waals surface area contributed by atoms with E-state index in [9.17, 15) is 14.4 Å². The van der Waals surface area contributed by atoms with Gasteiger partial charge < -0.3 is 15.5 Å². The predicted molar refractivity (Wildman–Crippen MR) is 91.6 cm³/mol. The first kappa shape index (κ1) is 18.4. The second-order valence-corrected chi connectivity index (χ2v) is 5.84. The molecule has 0 aliphatic heterocycles.